The number of fused-ring (bicyclic) bond motifs is 1. The van der Waals surface area contributed by atoms with Crippen molar-refractivity contribution in [1.29, 1.82) is 0 Å². The second kappa shape index (κ2) is 6.07. The molecule has 2 rings (SSSR count). The minimum atomic E-state index is -0.0424. The molecule has 4 heteroatoms. The molecule has 108 valence electrons. The Morgan fingerprint density at radius 3 is 2.80 bits per heavy atom. The molecule has 1 amide bonds. The third kappa shape index (κ3) is 3.00. The fourth-order valence-corrected chi connectivity index (χ4v) is 2.21. The second-order valence-corrected chi connectivity index (χ2v) is 5.48. The number of hydrogen-bond acceptors (Lipinski definition) is 3. The molecule has 1 aliphatic heterocycles. The van der Waals surface area contributed by atoms with Gasteiger partial charge in [0, 0.05) is 18.5 Å². The Bertz CT molecular complexity index is 522. The van der Waals surface area contributed by atoms with Gasteiger partial charge in [0.2, 0.25) is 0 Å². The standard InChI is InChI=1S/C16H21NO3/c1-4-14(18)12-5-6-15-13(9-12)17(8-7-11(2)3)16(19)10-20-15/h5-6,9,11H,4,7-8,10H2,1-3H3. The molecule has 0 saturated carbocycles. The maximum absolute atomic E-state index is 12.0. The molecule has 0 aliphatic carbocycles. The highest BCUT2D eigenvalue weighted by atomic mass is 16.5. The molecule has 4 nitrogen and oxygen atoms in total. The maximum atomic E-state index is 12.0. The molecule has 0 saturated heterocycles. The Morgan fingerprint density at radius 1 is 1.40 bits per heavy atom. The summed E-state index contributed by atoms with van der Waals surface area (Å²) in [5.41, 5.74) is 1.36. The normalized spacial score (nSPS) is 14.2. The molecular formula is C16H21NO3. The van der Waals surface area contributed by atoms with Crippen molar-refractivity contribution in [3.8, 4) is 5.75 Å². The number of hydrogen-bond donors (Lipinski definition) is 0. The molecule has 1 aliphatic rings. The summed E-state index contributed by atoms with van der Waals surface area (Å²) in [5.74, 6) is 1.24. The number of carbonyl (C=O) groups is 2. The second-order valence-electron chi connectivity index (χ2n) is 5.48. The lowest BCUT2D eigenvalue weighted by Gasteiger charge is -2.30. The predicted molar refractivity (Wildman–Crippen MR) is 78.4 cm³/mol. The monoisotopic (exact) mass is 275 g/mol. The average Bonchev–Trinajstić information content (AvgIpc) is 2.44. The van der Waals surface area contributed by atoms with Crippen LogP contribution in [-0.2, 0) is 4.79 Å². The van der Waals surface area contributed by atoms with Gasteiger partial charge in [-0.25, -0.2) is 0 Å². The van der Waals surface area contributed by atoms with E-state index < -0.39 is 0 Å². The molecule has 0 aromatic heterocycles. The van der Waals surface area contributed by atoms with Crippen molar-refractivity contribution >= 4 is 17.4 Å². The first-order chi connectivity index (χ1) is 9.52. The molecule has 20 heavy (non-hydrogen) atoms. The Morgan fingerprint density at radius 2 is 2.15 bits per heavy atom. The van der Waals surface area contributed by atoms with Gasteiger partial charge in [0.1, 0.15) is 5.75 Å². The van der Waals surface area contributed by atoms with Crippen LogP contribution < -0.4 is 9.64 Å². The summed E-state index contributed by atoms with van der Waals surface area (Å²) in [7, 11) is 0. The van der Waals surface area contributed by atoms with E-state index in [1.807, 2.05) is 6.92 Å². The number of ether oxygens (including phenoxy) is 1. The molecule has 1 aromatic rings. The molecule has 1 aromatic carbocycles. The molecule has 0 N–H and O–H groups in total. The number of amides is 1. The van der Waals surface area contributed by atoms with Crippen LogP contribution in [0.3, 0.4) is 0 Å². The molecule has 0 bridgehead atoms. The summed E-state index contributed by atoms with van der Waals surface area (Å²) in [6.45, 7) is 6.83. The summed E-state index contributed by atoms with van der Waals surface area (Å²) >= 11 is 0. The van der Waals surface area contributed by atoms with E-state index in [0.29, 0.717) is 30.2 Å². The maximum Gasteiger partial charge on any atom is 0.265 e. The number of nitrogens with zero attached hydrogens (tertiary/aromatic N) is 1. The lowest BCUT2D eigenvalue weighted by atomic mass is 10.1. The number of Topliss-reactive ketones (excluding diaryl/α,β-unsaturated/α-hetero) is 1. The van der Waals surface area contributed by atoms with E-state index in [1.54, 1.807) is 23.1 Å². The molecule has 0 atom stereocenters. The van der Waals surface area contributed by atoms with Gasteiger partial charge in [-0.05, 0) is 30.5 Å². The first-order valence-corrected chi connectivity index (χ1v) is 7.13. The highest BCUT2D eigenvalue weighted by Crippen LogP contribution is 2.33. The highest BCUT2D eigenvalue weighted by molar-refractivity contribution is 6.01. The summed E-state index contributed by atoms with van der Waals surface area (Å²) in [6.07, 6.45) is 1.39. The van der Waals surface area contributed by atoms with Gasteiger partial charge in [-0.15, -0.1) is 0 Å². The zero-order valence-electron chi connectivity index (χ0n) is 12.3. The molecule has 1 heterocycles. The van der Waals surface area contributed by atoms with Gasteiger partial charge < -0.3 is 9.64 Å². The summed E-state index contributed by atoms with van der Waals surface area (Å²) in [5, 5.41) is 0. The highest BCUT2D eigenvalue weighted by Gasteiger charge is 2.26. The van der Waals surface area contributed by atoms with Crippen LogP contribution in [0.5, 0.6) is 5.75 Å². The summed E-state index contributed by atoms with van der Waals surface area (Å²) in [6, 6.07) is 5.33. The van der Waals surface area contributed by atoms with Crippen LogP contribution in [0.1, 0.15) is 44.0 Å². The minimum absolute atomic E-state index is 0.0424. The van der Waals surface area contributed by atoms with Gasteiger partial charge in [-0.1, -0.05) is 20.8 Å². The van der Waals surface area contributed by atoms with Crippen LogP contribution in [-0.4, -0.2) is 24.8 Å². The van der Waals surface area contributed by atoms with Gasteiger partial charge in [0.25, 0.3) is 5.91 Å². The Hall–Kier alpha value is -1.84. The van der Waals surface area contributed by atoms with Gasteiger partial charge in [-0.2, -0.15) is 0 Å². The SMILES string of the molecule is CCC(=O)c1ccc2c(c1)N(CCC(C)C)C(=O)CO2. The van der Waals surface area contributed by atoms with Gasteiger partial charge >= 0.3 is 0 Å². The van der Waals surface area contributed by atoms with Gasteiger partial charge in [0.15, 0.2) is 12.4 Å². The van der Waals surface area contributed by atoms with E-state index in [2.05, 4.69) is 13.8 Å². The predicted octanol–water partition coefficient (Wildman–Crippen LogP) is 3.05. The largest absolute Gasteiger partial charge is 0.482 e. The van der Waals surface area contributed by atoms with E-state index >= 15 is 0 Å². The topological polar surface area (TPSA) is 46.6 Å². The van der Waals surface area contributed by atoms with Crippen LogP contribution in [0.15, 0.2) is 18.2 Å². The molecule has 0 radical (unpaired) electrons. The molecule has 0 unspecified atom stereocenters. The van der Waals surface area contributed by atoms with Crippen LogP contribution in [0.25, 0.3) is 0 Å². The zero-order chi connectivity index (χ0) is 14.7. The van der Waals surface area contributed by atoms with Crippen molar-refractivity contribution in [3.05, 3.63) is 23.8 Å². The van der Waals surface area contributed by atoms with E-state index in [0.717, 1.165) is 12.1 Å². The Kier molecular flexibility index (Phi) is 4.42. The number of anilines is 1. The average molecular weight is 275 g/mol. The first-order valence-electron chi connectivity index (χ1n) is 7.13. The van der Waals surface area contributed by atoms with E-state index in [1.165, 1.54) is 0 Å². The van der Waals surface area contributed by atoms with Crippen molar-refractivity contribution in [2.24, 2.45) is 5.92 Å². The Balaban J connectivity index is 2.32. The van der Waals surface area contributed by atoms with Crippen molar-refractivity contribution in [2.75, 3.05) is 18.1 Å². The third-order valence-electron chi connectivity index (χ3n) is 3.48. The number of ketones is 1. The first kappa shape index (κ1) is 14.6. The number of carbonyl (C=O) groups excluding carboxylic acids is 2. The quantitative estimate of drug-likeness (QED) is 0.776. The van der Waals surface area contributed by atoms with Crippen LogP contribution in [0.4, 0.5) is 5.69 Å². The van der Waals surface area contributed by atoms with Crippen molar-refractivity contribution < 1.29 is 14.3 Å². The van der Waals surface area contributed by atoms with Crippen molar-refractivity contribution in [1.82, 2.24) is 0 Å². The lowest BCUT2D eigenvalue weighted by molar-refractivity contribution is -0.121. The van der Waals surface area contributed by atoms with Gasteiger partial charge in [-0.3, -0.25) is 9.59 Å². The number of benzene rings is 1. The van der Waals surface area contributed by atoms with Crippen molar-refractivity contribution in [2.45, 2.75) is 33.6 Å². The zero-order valence-corrected chi connectivity index (χ0v) is 12.3. The van der Waals surface area contributed by atoms with Crippen molar-refractivity contribution in [3.63, 3.8) is 0 Å². The fraction of sp³-hybridized carbons (Fsp3) is 0.500. The molecule has 0 fully saturated rings. The minimum Gasteiger partial charge on any atom is -0.482 e. The molecular weight excluding hydrogens is 254 g/mol. The third-order valence-corrected chi connectivity index (χ3v) is 3.48. The smallest absolute Gasteiger partial charge is 0.265 e. The summed E-state index contributed by atoms with van der Waals surface area (Å²) < 4.78 is 5.44. The Labute approximate surface area is 119 Å². The summed E-state index contributed by atoms with van der Waals surface area (Å²) in [4.78, 5) is 25.6. The van der Waals surface area contributed by atoms with E-state index in [9.17, 15) is 9.59 Å². The fourth-order valence-electron chi connectivity index (χ4n) is 2.21. The van der Waals surface area contributed by atoms with E-state index in [-0.39, 0.29) is 18.3 Å². The molecule has 0 spiro atoms. The van der Waals surface area contributed by atoms with E-state index in [4.69, 9.17) is 4.74 Å². The number of rotatable bonds is 5. The van der Waals surface area contributed by atoms with Crippen LogP contribution >= 0.6 is 0 Å². The van der Waals surface area contributed by atoms with Crippen LogP contribution in [0.2, 0.25) is 0 Å². The lowest BCUT2D eigenvalue weighted by Crippen LogP contribution is -2.39. The van der Waals surface area contributed by atoms with Crippen LogP contribution in [0, 0.1) is 5.92 Å². The van der Waals surface area contributed by atoms with Gasteiger partial charge in [0.05, 0.1) is 5.69 Å².